The third-order valence-corrected chi connectivity index (χ3v) is 3.96. The van der Waals surface area contributed by atoms with Crippen molar-refractivity contribution in [2.45, 2.75) is 0 Å². The average molecular weight is 350 g/mol. The topological polar surface area (TPSA) is 36.9 Å². The van der Waals surface area contributed by atoms with Gasteiger partial charge in [0, 0.05) is 0 Å². The Labute approximate surface area is 153 Å². The minimum Gasteiger partial charge on any atom is -0.497 e. The molecule has 0 unspecified atom stereocenters. The Morgan fingerprint density at radius 3 is 1.15 bits per heavy atom. The van der Waals surface area contributed by atoms with Crippen molar-refractivity contribution in [3.05, 3.63) is 72.8 Å². The Morgan fingerprint density at radius 1 is 0.462 bits per heavy atom. The summed E-state index contributed by atoms with van der Waals surface area (Å²) in [6.45, 7) is 0.959. The fourth-order valence-electron chi connectivity index (χ4n) is 2.52. The Bertz CT molecular complexity index is 793. The molecule has 134 valence electrons. The van der Waals surface area contributed by atoms with Gasteiger partial charge in [0.1, 0.15) is 36.2 Å². The number of hydrogen-bond donors (Lipinski definition) is 0. The second-order valence-corrected chi connectivity index (χ2v) is 5.63. The van der Waals surface area contributed by atoms with Crippen molar-refractivity contribution < 1.29 is 18.9 Å². The lowest BCUT2D eigenvalue weighted by atomic mass is 10.1. The lowest BCUT2D eigenvalue weighted by Crippen LogP contribution is -2.08. The second-order valence-electron chi connectivity index (χ2n) is 5.63. The molecule has 0 fully saturated rings. The van der Waals surface area contributed by atoms with E-state index in [1.54, 1.807) is 14.2 Å². The van der Waals surface area contributed by atoms with Gasteiger partial charge < -0.3 is 18.9 Å². The summed E-state index contributed by atoms with van der Waals surface area (Å²) in [5.41, 5.74) is 2.27. The SMILES string of the molecule is COc1ccc(OCCOc2ccc(-c3ccc(OC)cc3)cc2)cc1. The molecule has 0 aliphatic heterocycles. The van der Waals surface area contributed by atoms with E-state index in [4.69, 9.17) is 18.9 Å². The monoisotopic (exact) mass is 350 g/mol. The molecule has 0 N–H and O–H groups in total. The first-order valence-corrected chi connectivity index (χ1v) is 8.42. The van der Waals surface area contributed by atoms with E-state index in [9.17, 15) is 0 Å². The van der Waals surface area contributed by atoms with E-state index in [0.717, 1.165) is 34.1 Å². The minimum absolute atomic E-state index is 0.479. The molecule has 0 saturated carbocycles. The van der Waals surface area contributed by atoms with Crippen molar-refractivity contribution in [3.8, 4) is 34.1 Å². The third-order valence-electron chi connectivity index (χ3n) is 3.96. The summed E-state index contributed by atoms with van der Waals surface area (Å²) in [5, 5.41) is 0. The second kappa shape index (κ2) is 8.81. The van der Waals surface area contributed by atoms with Gasteiger partial charge in [0.15, 0.2) is 0 Å². The molecule has 4 heteroatoms. The molecule has 3 aromatic carbocycles. The van der Waals surface area contributed by atoms with E-state index in [0.29, 0.717) is 13.2 Å². The Morgan fingerprint density at radius 2 is 0.769 bits per heavy atom. The van der Waals surface area contributed by atoms with Crippen molar-refractivity contribution in [3.63, 3.8) is 0 Å². The van der Waals surface area contributed by atoms with Crippen LogP contribution in [0.15, 0.2) is 72.8 Å². The first-order chi connectivity index (χ1) is 12.8. The van der Waals surface area contributed by atoms with E-state index in [2.05, 4.69) is 0 Å². The molecule has 0 bridgehead atoms. The van der Waals surface area contributed by atoms with Gasteiger partial charge in [0.2, 0.25) is 0 Å². The van der Waals surface area contributed by atoms with Crippen LogP contribution < -0.4 is 18.9 Å². The summed E-state index contributed by atoms with van der Waals surface area (Å²) in [4.78, 5) is 0. The van der Waals surface area contributed by atoms with Gasteiger partial charge in [-0.15, -0.1) is 0 Å². The molecule has 4 nitrogen and oxygen atoms in total. The summed E-state index contributed by atoms with van der Waals surface area (Å²) in [6.07, 6.45) is 0. The highest BCUT2D eigenvalue weighted by atomic mass is 16.5. The average Bonchev–Trinajstić information content (AvgIpc) is 2.72. The number of rotatable bonds is 8. The largest absolute Gasteiger partial charge is 0.497 e. The van der Waals surface area contributed by atoms with Crippen molar-refractivity contribution in [2.75, 3.05) is 27.4 Å². The van der Waals surface area contributed by atoms with Gasteiger partial charge in [0.05, 0.1) is 14.2 Å². The van der Waals surface area contributed by atoms with Crippen LogP contribution in [0.25, 0.3) is 11.1 Å². The smallest absolute Gasteiger partial charge is 0.122 e. The number of ether oxygens (including phenoxy) is 4. The molecule has 26 heavy (non-hydrogen) atoms. The van der Waals surface area contributed by atoms with Crippen molar-refractivity contribution in [1.29, 1.82) is 0 Å². The molecule has 0 atom stereocenters. The summed E-state index contributed by atoms with van der Waals surface area (Å²) < 4.78 is 21.7. The lowest BCUT2D eigenvalue weighted by Gasteiger charge is -2.10. The number of hydrogen-bond acceptors (Lipinski definition) is 4. The summed E-state index contributed by atoms with van der Waals surface area (Å²) in [6, 6.07) is 23.5. The zero-order valence-corrected chi connectivity index (χ0v) is 15.0. The van der Waals surface area contributed by atoms with Gasteiger partial charge in [-0.2, -0.15) is 0 Å². The van der Waals surface area contributed by atoms with E-state index in [1.165, 1.54) is 0 Å². The van der Waals surface area contributed by atoms with Gasteiger partial charge in [0.25, 0.3) is 0 Å². The standard InChI is InChI=1S/C22H22O4/c1-23-19-7-3-17(4-8-19)18-5-9-21(10-6-18)25-15-16-26-22-13-11-20(24-2)12-14-22/h3-14H,15-16H2,1-2H3. The fraction of sp³-hybridized carbons (Fsp3) is 0.182. The molecule has 0 amide bonds. The van der Waals surface area contributed by atoms with Crippen LogP contribution >= 0.6 is 0 Å². The van der Waals surface area contributed by atoms with Crippen LogP contribution in [0.3, 0.4) is 0 Å². The summed E-state index contributed by atoms with van der Waals surface area (Å²) in [5.74, 6) is 3.28. The Hall–Kier alpha value is -3.14. The highest BCUT2D eigenvalue weighted by Crippen LogP contribution is 2.24. The number of benzene rings is 3. The molecule has 0 aliphatic carbocycles. The molecule has 0 radical (unpaired) electrons. The maximum atomic E-state index is 5.73. The highest BCUT2D eigenvalue weighted by Gasteiger charge is 2.00. The molecule has 0 saturated heterocycles. The molecule has 0 heterocycles. The molecule has 0 aromatic heterocycles. The first-order valence-electron chi connectivity index (χ1n) is 8.42. The fourth-order valence-corrected chi connectivity index (χ4v) is 2.52. The molecule has 3 aromatic rings. The normalized spacial score (nSPS) is 10.2. The van der Waals surface area contributed by atoms with Gasteiger partial charge >= 0.3 is 0 Å². The van der Waals surface area contributed by atoms with E-state index in [-0.39, 0.29) is 0 Å². The summed E-state index contributed by atoms with van der Waals surface area (Å²) >= 11 is 0. The van der Waals surface area contributed by atoms with Crippen LogP contribution in [0.2, 0.25) is 0 Å². The van der Waals surface area contributed by atoms with Crippen molar-refractivity contribution >= 4 is 0 Å². The van der Waals surface area contributed by atoms with Crippen LogP contribution in [-0.2, 0) is 0 Å². The van der Waals surface area contributed by atoms with Crippen LogP contribution in [0.4, 0.5) is 0 Å². The maximum absolute atomic E-state index is 5.73. The van der Waals surface area contributed by atoms with Crippen LogP contribution in [-0.4, -0.2) is 27.4 Å². The zero-order chi connectivity index (χ0) is 18.2. The molecular formula is C22H22O4. The zero-order valence-electron chi connectivity index (χ0n) is 15.0. The number of methoxy groups -OCH3 is 2. The first kappa shape index (κ1) is 17.7. The predicted molar refractivity (Wildman–Crippen MR) is 102 cm³/mol. The van der Waals surface area contributed by atoms with Gasteiger partial charge in [-0.05, 0) is 59.7 Å². The molecule has 3 rings (SSSR count). The molecular weight excluding hydrogens is 328 g/mol. The van der Waals surface area contributed by atoms with Gasteiger partial charge in [-0.25, -0.2) is 0 Å². The van der Waals surface area contributed by atoms with Crippen molar-refractivity contribution in [1.82, 2.24) is 0 Å². The molecule has 0 spiro atoms. The highest BCUT2D eigenvalue weighted by molar-refractivity contribution is 5.64. The van der Waals surface area contributed by atoms with Crippen LogP contribution in [0, 0.1) is 0 Å². The van der Waals surface area contributed by atoms with Crippen molar-refractivity contribution in [2.24, 2.45) is 0 Å². The molecule has 0 aliphatic rings. The Balaban J connectivity index is 1.47. The Kier molecular flexibility index (Phi) is 5.99. The minimum atomic E-state index is 0.479. The lowest BCUT2D eigenvalue weighted by molar-refractivity contribution is 0.217. The van der Waals surface area contributed by atoms with E-state index < -0.39 is 0 Å². The maximum Gasteiger partial charge on any atom is 0.122 e. The quantitative estimate of drug-likeness (QED) is 0.545. The van der Waals surface area contributed by atoms with E-state index >= 15 is 0 Å². The van der Waals surface area contributed by atoms with Gasteiger partial charge in [-0.1, -0.05) is 24.3 Å². The third kappa shape index (κ3) is 4.70. The van der Waals surface area contributed by atoms with E-state index in [1.807, 2.05) is 72.8 Å². The van der Waals surface area contributed by atoms with Gasteiger partial charge in [-0.3, -0.25) is 0 Å². The van der Waals surface area contributed by atoms with Crippen LogP contribution in [0.1, 0.15) is 0 Å². The predicted octanol–water partition coefficient (Wildman–Crippen LogP) is 4.83. The summed E-state index contributed by atoms with van der Waals surface area (Å²) in [7, 11) is 3.31. The van der Waals surface area contributed by atoms with Crippen LogP contribution in [0.5, 0.6) is 23.0 Å².